The number of halogens is 2. The van der Waals surface area contributed by atoms with Crippen molar-refractivity contribution in [3.63, 3.8) is 0 Å². The molecule has 2 atom stereocenters. The maximum absolute atomic E-state index is 12.5. The van der Waals surface area contributed by atoms with Crippen LogP contribution in [0.15, 0.2) is 0 Å². The van der Waals surface area contributed by atoms with E-state index in [0.29, 0.717) is 0 Å². The van der Waals surface area contributed by atoms with E-state index in [1.807, 2.05) is 0 Å². The summed E-state index contributed by atoms with van der Waals surface area (Å²) >= 11 is 0. The standard InChI is InChI=1S/C10H18F2N2O2/c1-10(2,3)16-9(15)14-4-6(8(11)12)7(13)5-14/h6-8H,4-5,13H2,1-3H3/t6-,7+/m0/s1. The van der Waals surface area contributed by atoms with Crippen LogP contribution in [0.4, 0.5) is 13.6 Å². The molecule has 0 aromatic rings. The third-order valence-corrected chi connectivity index (χ3v) is 2.39. The molecular weight excluding hydrogens is 218 g/mol. The third kappa shape index (κ3) is 3.30. The highest BCUT2D eigenvalue weighted by atomic mass is 19.3. The van der Waals surface area contributed by atoms with Crippen molar-refractivity contribution < 1.29 is 18.3 Å². The number of hydrogen-bond acceptors (Lipinski definition) is 3. The van der Waals surface area contributed by atoms with Gasteiger partial charge in [-0.15, -0.1) is 0 Å². The van der Waals surface area contributed by atoms with Crippen LogP contribution in [0.2, 0.25) is 0 Å². The highest BCUT2D eigenvalue weighted by Crippen LogP contribution is 2.23. The van der Waals surface area contributed by atoms with Crippen LogP contribution < -0.4 is 5.73 Å². The zero-order valence-corrected chi connectivity index (χ0v) is 9.74. The predicted octanol–water partition coefficient (Wildman–Crippen LogP) is 1.45. The van der Waals surface area contributed by atoms with Gasteiger partial charge in [0.25, 0.3) is 0 Å². The SMILES string of the molecule is CC(C)(C)OC(=O)N1C[C@@H](N)[C@@H](C(F)F)C1. The van der Waals surface area contributed by atoms with Crippen molar-refractivity contribution in [2.45, 2.75) is 38.8 Å². The molecule has 0 aromatic carbocycles. The second-order valence-corrected chi connectivity index (χ2v) is 5.05. The molecule has 1 heterocycles. The summed E-state index contributed by atoms with van der Waals surface area (Å²) in [5.74, 6) is -0.951. The van der Waals surface area contributed by atoms with E-state index in [-0.39, 0.29) is 13.1 Å². The quantitative estimate of drug-likeness (QED) is 0.749. The van der Waals surface area contributed by atoms with Crippen LogP contribution in [-0.2, 0) is 4.74 Å². The molecule has 0 aromatic heterocycles. The van der Waals surface area contributed by atoms with Gasteiger partial charge in [-0.2, -0.15) is 0 Å². The third-order valence-electron chi connectivity index (χ3n) is 2.39. The monoisotopic (exact) mass is 236 g/mol. The fourth-order valence-corrected chi connectivity index (χ4v) is 1.60. The first kappa shape index (κ1) is 13.2. The predicted molar refractivity (Wildman–Crippen MR) is 55.3 cm³/mol. The number of rotatable bonds is 1. The van der Waals surface area contributed by atoms with Gasteiger partial charge in [-0.3, -0.25) is 0 Å². The van der Waals surface area contributed by atoms with Gasteiger partial charge < -0.3 is 15.4 Å². The lowest BCUT2D eigenvalue weighted by molar-refractivity contribution is 0.0254. The lowest BCUT2D eigenvalue weighted by Crippen LogP contribution is -2.36. The van der Waals surface area contributed by atoms with Gasteiger partial charge in [0.1, 0.15) is 5.60 Å². The van der Waals surface area contributed by atoms with Crippen molar-refractivity contribution in [1.82, 2.24) is 4.90 Å². The topological polar surface area (TPSA) is 55.6 Å². The molecule has 2 N–H and O–H groups in total. The summed E-state index contributed by atoms with van der Waals surface area (Å²) in [4.78, 5) is 12.8. The van der Waals surface area contributed by atoms with Crippen LogP contribution in [0.5, 0.6) is 0 Å². The van der Waals surface area contributed by atoms with Crippen LogP contribution >= 0.6 is 0 Å². The summed E-state index contributed by atoms with van der Waals surface area (Å²) in [6.07, 6.45) is -3.08. The average Bonchev–Trinajstić information content (AvgIpc) is 2.44. The van der Waals surface area contributed by atoms with E-state index in [0.717, 1.165) is 0 Å². The molecule has 0 unspecified atom stereocenters. The van der Waals surface area contributed by atoms with Crippen molar-refractivity contribution in [1.29, 1.82) is 0 Å². The second kappa shape index (κ2) is 4.53. The number of carbonyl (C=O) groups is 1. The molecule has 0 aliphatic carbocycles. The summed E-state index contributed by atoms with van der Waals surface area (Å²) in [6.45, 7) is 5.28. The van der Waals surface area contributed by atoms with Crippen molar-refractivity contribution in [2.24, 2.45) is 11.7 Å². The van der Waals surface area contributed by atoms with Crippen LogP contribution in [0.25, 0.3) is 0 Å². The van der Waals surface area contributed by atoms with Crippen molar-refractivity contribution in [3.05, 3.63) is 0 Å². The lowest BCUT2D eigenvalue weighted by Gasteiger charge is -2.24. The highest BCUT2D eigenvalue weighted by Gasteiger charge is 2.39. The molecule has 1 saturated heterocycles. The Bertz CT molecular complexity index is 266. The number of alkyl halides is 2. The number of amides is 1. The van der Waals surface area contributed by atoms with Crippen molar-refractivity contribution in [3.8, 4) is 0 Å². The molecule has 0 spiro atoms. The van der Waals surface area contributed by atoms with E-state index >= 15 is 0 Å². The van der Waals surface area contributed by atoms with Gasteiger partial charge in [0, 0.05) is 19.1 Å². The first-order valence-corrected chi connectivity index (χ1v) is 5.22. The number of ether oxygens (including phenoxy) is 1. The van der Waals surface area contributed by atoms with Gasteiger partial charge >= 0.3 is 6.09 Å². The minimum absolute atomic E-state index is 0.0340. The van der Waals surface area contributed by atoms with Crippen molar-refractivity contribution >= 4 is 6.09 Å². The zero-order chi connectivity index (χ0) is 12.5. The molecule has 1 aliphatic rings. The van der Waals surface area contributed by atoms with E-state index in [1.54, 1.807) is 20.8 Å². The second-order valence-electron chi connectivity index (χ2n) is 5.05. The maximum Gasteiger partial charge on any atom is 0.410 e. The maximum atomic E-state index is 12.5. The molecule has 1 rings (SSSR count). The number of hydrogen-bond donors (Lipinski definition) is 1. The van der Waals surface area contributed by atoms with Gasteiger partial charge in [-0.1, -0.05) is 0 Å². The van der Waals surface area contributed by atoms with E-state index < -0.39 is 30.1 Å². The Balaban J connectivity index is 2.55. The summed E-state index contributed by atoms with van der Waals surface area (Å²) in [5.41, 5.74) is 4.92. The Morgan fingerprint density at radius 1 is 1.44 bits per heavy atom. The molecule has 0 saturated carbocycles. The molecular formula is C10H18F2N2O2. The van der Waals surface area contributed by atoms with Gasteiger partial charge in [-0.05, 0) is 20.8 Å². The van der Waals surface area contributed by atoms with E-state index in [1.165, 1.54) is 4.90 Å². The van der Waals surface area contributed by atoms with E-state index in [2.05, 4.69) is 0 Å². The fourth-order valence-electron chi connectivity index (χ4n) is 1.60. The molecule has 1 aliphatic heterocycles. The average molecular weight is 236 g/mol. The molecule has 16 heavy (non-hydrogen) atoms. The number of carbonyl (C=O) groups excluding carboxylic acids is 1. The molecule has 6 heteroatoms. The highest BCUT2D eigenvalue weighted by molar-refractivity contribution is 5.68. The molecule has 0 bridgehead atoms. The summed E-state index contributed by atoms with van der Waals surface area (Å²) in [5, 5.41) is 0. The van der Waals surface area contributed by atoms with Gasteiger partial charge in [0.15, 0.2) is 0 Å². The molecule has 4 nitrogen and oxygen atoms in total. The van der Waals surface area contributed by atoms with Gasteiger partial charge in [0.05, 0.1) is 5.92 Å². The normalized spacial score (nSPS) is 26.3. The van der Waals surface area contributed by atoms with Gasteiger partial charge in [0.2, 0.25) is 6.43 Å². The molecule has 1 fully saturated rings. The summed E-state index contributed by atoms with van der Waals surface area (Å²) in [6, 6.07) is -0.674. The van der Waals surface area contributed by atoms with Crippen LogP contribution in [0, 0.1) is 5.92 Å². The number of likely N-dealkylation sites (tertiary alicyclic amines) is 1. The van der Waals surface area contributed by atoms with Crippen molar-refractivity contribution in [2.75, 3.05) is 13.1 Å². The Morgan fingerprint density at radius 2 is 2.00 bits per heavy atom. The molecule has 1 amide bonds. The van der Waals surface area contributed by atoms with Crippen LogP contribution in [0.3, 0.4) is 0 Å². The smallest absolute Gasteiger partial charge is 0.410 e. The van der Waals surface area contributed by atoms with Crippen LogP contribution in [-0.4, -0.2) is 42.2 Å². The first-order chi connectivity index (χ1) is 7.20. The minimum Gasteiger partial charge on any atom is -0.444 e. The zero-order valence-electron chi connectivity index (χ0n) is 9.74. The lowest BCUT2D eigenvalue weighted by atomic mass is 10.1. The number of nitrogens with two attached hydrogens (primary N) is 1. The largest absolute Gasteiger partial charge is 0.444 e. The Kier molecular flexibility index (Phi) is 3.72. The summed E-state index contributed by atoms with van der Waals surface area (Å²) in [7, 11) is 0. The first-order valence-electron chi connectivity index (χ1n) is 5.22. The summed E-state index contributed by atoms with van der Waals surface area (Å²) < 4.78 is 30.1. The number of nitrogens with zero attached hydrogens (tertiary/aromatic N) is 1. The minimum atomic E-state index is -2.50. The van der Waals surface area contributed by atoms with E-state index in [4.69, 9.17) is 10.5 Å². The van der Waals surface area contributed by atoms with Crippen LogP contribution in [0.1, 0.15) is 20.8 Å². The Morgan fingerprint density at radius 3 is 2.38 bits per heavy atom. The molecule has 0 radical (unpaired) electrons. The van der Waals surface area contributed by atoms with E-state index in [9.17, 15) is 13.6 Å². The van der Waals surface area contributed by atoms with Gasteiger partial charge in [-0.25, -0.2) is 13.6 Å². The molecule has 94 valence electrons. The Labute approximate surface area is 93.7 Å². The Hall–Kier alpha value is -0.910. The fraction of sp³-hybridized carbons (Fsp3) is 0.900.